The summed E-state index contributed by atoms with van der Waals surface area (Å²) in [6.45, 7) is 6.55. The van der Waals surface area contributed by atoms with Crippen LogP contribution in [0.4, 0.5) is 0 Å². The molecule has 0 saturated heterocycles. The number of carboxylic acids is 1. The van der Waals surface area contributed by atoms with E-state index in [0.29, 0.717) is 19.6 Å². The molecule has 0 aliphatic carbocycles. The molecule has 2 rings (SSSR count). The number of hydrogen-bond donors (Lipinski definition) is 1. The quantitative estimate of drug-likeness (QED) is 0.494. The molecule has 2 aromatic rings. The molecule has 0 aliphatic rings. The molecule has 0 saturated carbocycles. The molecule has 7 nitrogen and oxygen atoms in total. The van der Waals surface area contributed by atoms with E-state index >= 15 is 0 Å². The van der Waals surface area contributed by atoms with Crippen LogP contribution >= 0.6 is 0 Å². The number of aliphatic carboxylic acids is 1. The molecule has 0 aromatic heterocycles. The van der Waals surface area contributed by atoms with Gasteiger partial charge in [0.05, 0.1) is 6.42 Å². The zero-order chi connectivity index (χ0) is 23.9. The maximum atomic E-state index is 11.8. The first-order valence-electron chi connectivity index (χ1n) is 10.6. The third-order valence-electron chi connectivity index (χ3n) is 4.53. The fraction of sp³-hybridized carbons (Fsp3) is 0.400. The van der Waals surface area contributed by atoms with E-state index in [0.717, 1.165) is 16.9 Å². The summed E-state index contributed by atoms with van der Waals surface area (Å²) in [4.78, 5) is 34.2. The smallest absolute Gasteiger partial charge is 0.307 e. The third kappa shape index (κ3) is 13.4. The van der Waals surface area contributed by atoms with Crippen molar-refractivity contribution in [3.05, 3.63) is 65.2 Å². The molecule has 0 heterocycles. The van der Waals surface area contributed by atoms with Crippen LogP contribution in [0.3, 0.4) is 0 Å². The summed E-state index contributed by atoms with van der Waals surface area (Å²) in [5.74, 6) is -0.273. The minimum Gasteiger partial charge on any atom is -0.489 e. The Morgan fingerprint density at radius 2 is 1.39 bits per heavy atom. The summed E-state index contributed by atoms with van der Waals surface area (Å²) in [5, 5.41) is 7.72. The number of carboxylic acid groups (broad SMARTS) is 1. The van der Waals surface area contributed by atoms with Crippen LogP contribution in [0.1, 0.15) is 49.8 Å². The van der Waals surface area contributed by atoms with Gasteiger partial charge in [-0.3, -0.25) is 14.4 Å². The zero-order valence-corrected chi connectivity index (χ0v) is 21.1. The molecule has 0 bridgehead atoms. The van der Waals surface area contributed by atoms with Gasteiger partial charge >= 0.3 is 11.9 Å². The maximum absolute atomic E-state index is 11.8. The third-order valence-corrected chi connectivity index (χ3v) is 4.53. The van der Waals surface area contributed by atoms with Crippen molar-refractivity contribution in [2.75, 3.05) is 13.6 Å². The molecular formula is C25H33NO6V. The summed E-state index contributed by atoms with van der Waals surface area (Å²) in [5.41, 5.74) is 3.23. The van der Waals surface area contributed by atoms with Gasteiger partial charge in [-0.25, -0.2) is 0 Å². The number of esters is 1. The SMILES string of the molecule is CCC(=O)N(C)CCC(=O)OCc1ccc(OCc2ccc(C)cc2)cc1.CCC(=O)O.[V]. The van der Waals surface area contributed by atoms with Gasteiger partial charge in [0.15, 0.2) is 0 Å². The number of nitrogens with zero attached hydrogens (tertiary/aromatic N) is 1. The van der Waals surface area contributed by atoms with Gasteiger partial charge in [0.1, 0.15) is 19.0 Å². The van der Waals surface area contributed by atoms with E-state index in [2.05, 4.69) is 31.2 Å². The number of hydrogen-bond acceptors (Lipinski definition) is 5. The van der Waals surface area contributed by atoms with Crippen LogP contribution in [-0.2, 0) is 50.9 Å². The molecule has 8 heteroatoms. The van der Waals surface area contributed by atoms with E-state index < -0.39 is 5.97 Å². The second-order valence-electron chi connectivity index (χ2n) is 7.25. The predicted octanol–water partition coefficient (Wildman–Crippen LogP) is 4.35. The van der Waals surface area contributed by atoms with Crippen LogP contribution in [0.2, 0.25) is 0 Å². The minimum absolute atomic E-state index is 0. The zero-order valence-electron chi connectivity index (χ0n) is 19.7. The van der Waals surface area contributed by atoms with Crippen molar-refractivity contribution >= 4 is 17.8 Å². The van der Waals surface area contributed by atoms with Crippen LogP contribution in [0.5, 0.6) is 5.75 Å². The normalized spacial score (nSPS) is 9.58. The van der Waals surface area contributed by atoms with Gasteiger partial charge in [0.25, 0.3) is 0 Å². The molecule has 1 amide bonds. The predicted molar refractivity (Wildman–Crippen MR) is 122 cm³/mol. The number of carbonyl (C=O) groups excluding carboxylic acids is 2. The van der Waals surface area contributed by atoms with E-state index in [9.17, 15) is 14.4 Å². The topological polar surface area (TPSA) is 93.1 Å². The van der Waals surface area contributed by atoms with Crippen molar-refractivity contribution in [3.8, 4) is 5.75 Å². The van der Waals surface area contributed by atoms with E-state index in [1.54, 1.807) is 25.8 Å². The van der Waals surface area contributed by atoms with Crippen LogP contribution in [0.15, 0.2) is 48.5 Å². The number of amides is 1. The van der Waals surface area contributed by atoms with Crippen LogP contribution in [0, 0.1) is 6.92 Å². The summed E-state index contributed by atoms with van der Waals surface area (Å²) < 4.78 is 11.0. The molecule has 2 aromatic carbocycles. The van der Waals surface area contributed by atoms with Crippen LogP contribution in [0.25, 0.3) is 0 Å². The largest absolute Gasteiger partial charge is 0.489 e. The number of carbonyl (C=O) groups is 3. The Labute approximate surface area is 208 Å². The van der Waals surface area contributed by atoms with Crippen molar-refractivity contribution in [2.45, 2.75) is 53.2 Å². The average molecular weight is 494 g/mol. The van der Waals surface area contributed by atoms with E-state index in [4.69, 9.17) is 14.6 Å². The Bertz CT molecular complexity index is 852. The molecule has 179 valence electrons. The Morgan fingerprint density at radius 1 is 0.879 bits per heavy atom. The number of aryl methyl sites for hydroxylation is 1. The van der Waals surface area contributed by atoms with Crippen molar-refractivity contribution in [2.24, 2.45) is 0 Å². The fourth-order valence-electron chi connectivity index (χ4n) is 2.42. The molecule has 0 unspecified atom stereocenters. The van der Waals surface area contributed by atoms with Gasteiger partial charge in [-0.15, -0.1) is 0 Å². The van der Waals surface area contributed by atoms with Crippen molar-refractivity contribution in [3.63, 3.8) is 0 Å². The van der Waals surface area contributed by atoms with Crippen molar-refractivity contribution < 1.29 is 47.5 Å². The fourth-order valence-corrected chi connectivity index (χ4v) is 2.42. The molecule has 1 N–H and O–H groups in total. The second-order valence-corrected chi connectivity index (χ2v) is 7.25. The number of ether oxygens (including phenoxy) is 2. The first-order chi connectivity index (χ1) is 15.2. The molecule has 0 fully saturated rings. The molecule has 0 spiro atoms. The first-order valence-corrected chi connectivity index (χ1v) is 10.6. The van der Waals surface area contributed by atoms with Gasteiger partial charge < -0.3 is 19.5 Å². The van der Waals surface area contributed by atoms with Gasteiger partial charge in [-0.05, 0) is 30.2 Å². The molecule has 0 aliphatic heterocycles. The van der Waals surface area contributed by atoms with Crippen molar-refractivity contribution in [1.82, 2.24) is 4.90 Å². The van der Waals surface area contributed by atoms with Gasteiger partial charge in [0.2, 0.25) is 5.91 Å². The van der Waals surface area contributed by atoms with Crippen molar-refractivity contribution in [1.29, 1.82) is 0 Å². The Morgan fingerprint density at radius 3 is 1.91 bits per heavy atom. The van der Waals surface area contributed by atoms with Gasteiger partial charge in [-0.1, -0.05) is 55.8 Å². The Kier molecular flexibility index (Phi) is 15.4. The number of benzene rings is 2. The second kappa shape index (κ2) is 16.8. The Balaban J connectivity index is 0.00000154. The van der Waals surface area contributed by atoms with E-state index in [1.165, 1.54) is 5.56 Å². The molecule has 33 heavy (non-hydrogen) atoms. The van der Waals surface area contributed by atoms with Gasteiger partial charge in [0, 0.05) is 45.0 Å². The average Bonchev–Trinajstić information content (AvgIpc) is 2.81. The van der Waals surface area contributed by atoms with E-state index in [-0.39, 0.29) is 49.9 Å². The maximum Gasteiger partial charge on any atom is 0.307 e. The summed E-state index contributed by atoms with van der Waals surface area (Å²) >= 11 is 0. The summed E-state index contributed by atoms with van der Waals surface area (Å²) in [6.07, 6.45) is 0.851. The first kappa shape index (κ1) is 30.2. The summed E-state index contributed by atoms with van der Waals surface area (Å²) in [6, 6.07) is 15.7. The van der Waals surface area contributed by atoms with E-state index in [1.807, 2.05) is 24.3 Å². The standard InChI is InChI=1S/C22H27NO4.C3H6O2.V/c1-4-21(24)23(3)14-13-22(25)27-16-19-9-11-20(12-10-19)26-15-18-7-5-17(2)6-8-18;1-2-3(4)5;/h5-12H,4,13-16H2,1-3H3;2H2,1H3,(H,4,5);. The Hall–Kier alpha value is -2.77. The molecule has 1 radical (unpaired) electrons. The monoisotopic (exact) mass is 494 g/mol. The minimum atomic E-state index is -0.745. The van der Waals surface area contributed by atoms with Crippen LogP contribution in [-0.4, -0.2) is 41.4 Å². The number of rotatable bonds is 10. The van der Waals surface area contributed by atoms with Crippen LogP contribution < -0.4 is 4.74 Å². The molecule has 0 atom stereocenters. The molecular weight excluding hydrogens is 461 g/mol. The van der Waals surface area contributed by atoms with Gasteiger partial charge in [-0.2, -0.15) is 0 Å². The summed E-state index contributed by atoms with van der Waals surface area (Å²) in [7, 11) is 1.69.